The van der Waals surface area contributed by atoms with Crippen molar-refractivity contribution in [1.82, 2.24) is 4.72 Å². The first-order chi connectivity index (χ1) is 9.77. The third kappa shape index (κ3) is 3.67. The molecular formula is C13H18BrNO4S2. The molecule has 0 aromatic carbocycles. The SMILES string of the molecule is Cc1cc(S(=O)(=O)NC2(C(=O)O)CCCCCC2)sc1Br. The number of aryl methyl sites for hydroxylation is 1. The Bertz CT molecular complexity index is 611. The van der Waals surface area contributed by atoms with Crippen molar-refractivity contribution in [2.45, 2.75) is 55.2 Å². The number of hydrogen-bond donors (Lipinski definition) is 2. The van der Waals surface area contributed by atoms with E-state index in [1.807, 2.05) is 0 Å². The van der Waals surface area contributed by atoms with Gasteiger partial charge in [0.1, 0.15) is 9.75 Å². The first-order valence-electron chi connectivity index (χ1n) is 6.80. The van der Waals surface area contributed by atoms with Crippen LogP contribution in [0.4, 0.5) is 0 Å². The van der Waals surface area contributed by atoms with E-state index >= 15 is 0 Å². The van der Waals surface area contributed by atoms with Crippen LogP contribution in [-0.2, 0) is 14.8 Å². The number of hydrogen-bond acceptors (Lipinski definition) is 4. The van der Waals surface area contributed by atoms with Gasteiger partial charge in [0.15, 0.2) is 0 Å². The van der Waals surface area contributed by atoms with Crippen LogP contribution in [-0.4, -0.2) is 25.0 Å². The van der Waals surface area contributed by atoms with Gasteiger partial charge in [0.25, 0.3) is 10.0 Å². The first-order valence-corrected chi connectivity index (χ1v) is 9.89. The lowest BCUT2D eigenvalue weighted by molar-refractivity contribution is -0.144. The molecule has 1 aliphatic carbocycles. The number of nitrogens with one attached hydrogen (secondary N) is 1. The minimum absolute atomic E-state index is 0.150. The van der Waals surface area contributed by atoms with Crippen LogP contribution in [0.25, 0.3) is 0 Å². The Labute approximate surface area is 136 Å². The zero-order valence-electron chi connectivity index (χ0n) is 11.7. The van der Waals surface area contributed by atoms with Crippen molar-refractivity contribution < 1.29 is 18.3 Å². The van der Waals surface area contributed by atoms with Crippen molar-refractivity contribution in [3.63, 3.8) is 0 Å². The van der Waals surface area contributed by atoms with Crippen molar-refractivity contribution in [2.24, 2.45) is 0 Å². The highest BCUT2D eigenvalue weighted by molar-refractivity contribution is 9.11. The molecule has 1 aliphatic rings. The fourth-order valence-corrected chi connectivity index (χ4v) is 6.21. The van der Waals surface area contributed by atoms with Gasteiger partial charge in [-0.2, -0.15) is 4.72 Å². The third-order valence-electron chi connectivity index (χ3n) is 3.80. The molecule has 8 heteroatoms. The van der Waals surface area contributed by atoms with Crippen LogP contribution >= 0.6 is 27.3 Å². The lowest BCUT2D eigenvalue weighted by Crippen LogP contribution is -2.53. The van der Waals surface area contributed by atoms with Crippen molar-refractivity contribution in [1.29, 1.82) is 0 Å². The number of halogens is 1. The number of carboxylic acids is 1. The predicted octanol–water partition coefficient (Wildman–Crippen LogP) is 3.27. The maximum absolute atomic E-state index is 12.5. The highest BCUT2D eigenvalue weighted by atomic mass is 79.9. The van der Waals surface area contributed by atoms with E-state index in [2.05, 4.69) is 20.7 Å². The fourth-order valence-electron chi connectivity index (χ4n) is 2.56. The lowest BCUT2D eigenvalue weighted by Gasteiger charge is -2.28. The summed E-state index contributed by atoms with van der Waals surface area (Å²) in [6.45, 7) is 1.80. The van der Waals surface area contributed by atoms with E-state index in [0.717, 1.165) is 46.4 Å². The largest absolute Gasteiger partial charge is 0.480 e. The maximum atomic E-state index is 12.5. The Morgan fingerprint density at radius 3 is 2.33 bits per heavy atom. The van der Waals surface area contributed by atoms with Gasteiger partial charge in [-0.25, -0.2) is 8.42 Å². The number of sulfonamides is 1. The van der Waals surface area contributed by atoms with Gasteiger partial charge in [0, 0.05) is 0 Å². The topological polar surface area (TPSA) is 83.5 Å². The molecular weight excluding hydrogens is 378 g/mol. The number of rotatable bonds is 4. The van der Waals surface area contributed by atoms with E-state index in [9.17, 15) is 18.3 Å². The van der Waals surface area contributed by atoms with Crippen LogP contribution in [0.2, 0.25) is 0 Å². The number of carboxylic acid groups (broad SMARTS) is 1. The van der Waals surface area contributed by atoms with Gasteiger partial charge < -0.3 is 5.11 Å². The summed E-state index contributed by atoms with van der Waals surface area (Å²) in [5.41, 5.74) is -0.551. The second-order valence-corrected chi connectivity index (χ2v) is 9.71. The lowest BCUT2D eigenvalue weighted by atomic mass is 9.92. The van der Waals surface area contributed by atoms with Gasteiger partial charge in [0.05, 0.1) is 3.79 Å². The predicted molar refractivity (Wildman–Crippen MR) is 85.1 cm³/mol. The average molecular weight is 396 g/mol. The van der Waals surface area contributed by atoms with E-state index < -0.39 is 21.5 Å². The van der Waals surface area contributed by atoms with Crippen molar-refractivity contribution >= 4 is 43.3 Å². The molecule has 1 saturated carbocycles. The summed E-state index contributed by atoms with van der Waals surface area (Å²) in [6, 6.07) is 1.56. The molecule has 0 bridgehead atoms. The summed E-state index contributed by atoms with van der Waals surface area (Å²) in [4.78, 5) is 11.7. The van der Waals surface area contributed by atoms with Crippen LogP contribution < -0.4 is 4.72 Å². The summed E-state index contributed by atoms with van der Waals surface area (Å²) < 4.78 is 28.4. The molecule has 0 atom stereocenters. The van der Waals surface area contributed by atoms with Crippen molar-refractivity contribution in [3.05, 3.63) is 15.4 Å². The second-order valence-electron chi connectivity index (χ2n) is 5.43. The molecule has 5 nitrogen and oxygen atoms in total. The van der Waals surface area contributed by atoms with E-state index in [0.29, 0.717) is 12.8 Å². The molecule has 118 valence electrons. The highest BCUT2D eigenvalue weighted by Crippen LogP contribution is 2.33. The zero-order chi connectivity index (χ0) is 15.7. The Kier molecular flexibility index (Phi) is 5.12. The van der Waals surface area contributed by atoms with Crippen LogP contribution in [0, 0.1) is 6.92 Å². The summed E-state index contributed by atoms with van der Waals surface area (Å²) in [6.07, 6.45) is 4.02. The molecule has 0 amide bonds. The molecule has 0 unspecified atom stereocenters. The van der Waals surface area contributed by atoms with Gasteiger partial charge in [-0.3, -0.25) is 4.79 Å². The van der Waals surface area contributed by atoms with Crippen molar-refractivity contribution in [3.8, 4) is 0 Å². The maximum Gasteiger partial charge on any atom is 0.324 e. The molecule has 0 radical (unpaired) electrons. The number of aliphatic carboxylic acids is 1. The Balaban J connectivity index is 2.33. The molecule has 1 heterocycles. The molecule has 0 saturated heterocycles. The molecule has 2 rings (SSSR count). The van der Waals surface area contributed by atoms with Crippen LogP contribution in [0.15, 0.2) is 14.1 Å². The monoisotopic (exact) mass is 395 g/mol. The Hall–Kier alpha value is -0.440. The molecule has 0 aliphatic heterocycles. The van der Waals surface area contributed by atoms with Gasteiger partial charge in [-0.15, -0.1) is 11.3 Å². The highest BCUT2D eigenvalue weighted by Gasteiger charge is 2.42. The Morgan fingerprint density at radius 2 is 1.90 bits per heavy atom. The summed E-state index contributed by atoms with van der Waals surface area (Å²) in [5.74, 6) is -1.08. The summed E-state index contributed by atoms with van der Waals surface area (Å²) >= 11 is 4.40. The Morgan fingerprint density at radius 1 is 1.33 bits per heavy atom. The summed E-state index contributed by atoms with van der Waals surface area (Å²) in [7, 11) is -3.82. The smallest absolute Gasteiger partial charge is 0.324 e. The minimum atomic E-state index is -3.82. The van der Waals surface area contributed by atoms with Crippen LogP contribution in [0.5, 0.6) is 0 Å². The second kappa shape index (κ2) is 6.36. The quantitative estimate of drug-likeness (QED) is 0.766. The molecule has 0 spiro atoms. The molecule has 1 fully saturated rings. The van der Waals surface area contributed by atoms with Gasteiger partial charge >= 0.3 is 5.97 Å². The van der Waals surface area contributed by atoms with E-state index in [1.165, 1.54) is 0 Å². The molecule has 1 aromatic heterocycles. The third-order valence-corrected chi connectivity index (χ3v) is 7.94. The fraction of sp³-hybridized carbons (Fsp3) is 0.615. The van der Waals surface area contributed by atoms with Gasteiger partial charge in [-0.05, 0) is 47.3 Å². The van der Waals surface area contributed by atoms with Gasteiger partial charge in [0.2, 0.25) is 0 Å². The molecule has 1 aromatic rings. The number of carbonyl (C=O) groups is 1. The van der Waals surface area contributed by atoms with Crippen LogP contribution in [0.1, 0.15) is 44.1 Å². The van der Waals surface area contributed by atoms with Crippen LogP contribution in [0.3, 0.4) is 0 Å². The van der Waals surface area contributed by atoms with Gasteiger partial charge in [-0.1, -0.05) is 25.7 Å². The zero-order valence-corrected chi connectivity index (χ0v) is 14.9. The summed E-state index contributed by atoms with van der Waals surface area (Å²) in [5, 5.41) is 9.55. The first kappa shape index (κ1) is 16.9. The minimum Gasteiger partial charge on any atom is -0.480 e. The van der Waals surface area contributed by atoms with E-state index in [1.54, 1.807) is 13.0 Å². The van der Waals surface area contributed by atoms with E-state index in [-0.39, 0.29) is 4.21 Å². The number of thiophene rings is 1. The standard InChI is InChI=1S/C13H18BrNO4S2/c1-9-8-10(20-11(9)14)21(18,19)15-13(12(16)17)6-4-2-3-5-7-13/h8,15H,2-7H2,1H3,(H,16,17). The van der Waals surface area contributed by atoms with Crippen molar-refractivity contribution in [2.75, 3.05) is 0 Å². The molecule has 21 heavy (non-hydrogen) atoms. The van der Waals surface area contributed by atoms with E-state index in [4.69, 9.17) is 0 Å². The molecule has 2 N–H and O–H groups in total. The normalized spacial score (nSPS) is 19.1. The average Bonchev–Trinajstić information content (AvgIpc) is 2.62.